The van der Waals surface area contributed by atoms with E-state index in [9.17, 15) is 18.0 Å². The molecule has 2 heterocycles. The van der Waals surface area contributed by atoms with Crippen LogP contribution in [-0.4, -0.2) is 30.0 Å². The first-order chi connectivity index (χ1) is 11.4. The van der Waals surface area contributed by atoms with Gasteiger partial charge in [0.2, 0.25) is 0 Å². The molecule has 128 valence electrons. The van der Waals surface area contributed by atoms with Crippen LogP contribution in [0.1, 0.15) is 28.9 Å². The van der Waals surface area contributed by atoms with E-state index in [0.717, 1.165) is 31.5 Å². The van der Waals surface area contributed by atoms with Crippen LogP contribution in [0.3, 0.4) is 0 Å². The maximum atomic E-state index is 12.6. The van der Waals surface area contributed by atoms with E-state index in [1.165, 1.54) is 23.5 Å². The number of rotatable bonds is 4. The SMILES string of the molecule is O=C(NC[C@@H]1CCCN1)c1csc(-c2ccc(C(F)(F)F)cc2)n1. The summed E-state index contributed by atoms with van der Waals surface area (Å²) in [6.45, 7) is 1.52. The van der Waals surface area contributed by atoms with E-state index in [1.54, 1.807) is 5.38 Å². The number of halogens is 3. The van der Waals surface area contributed by atoms with Crippen molar-refractivity contribution in [2.75, 3.05) is 13.1 Å². The highest BCUT2D eigenvalue weighted by atomic mass is 32.1. The number of alkyl halides is 3. The Kier molecular flexibility index (Phi) is 4.86. The van der Waals surface area contributed by atoms with E-state index in [4.69, 9.17) is 0 Å². The van der Waals surface area contributed by atoms with Crippen LogP contribution in [0.15, 0.2) is 29.6 Å². The van der Waals surface area contributed by atoms with Crippen LogP contribution in [-0.2, 0) is 6.18 Å². The highest BCUT2D eigenvalue weighted by Crippen LogP contribution is 2.31. The van der Waals surface area contributed by atoms with Gasteiger partial charge in [-0.25, -0.2) is 4.98 Å². The van der Waals surface area contributed by atoms with Crippen LogP contribution in [0, 0.1) is 0 Å². The van der Waals surface area contributed by atoms with Crippen LogP contribution in [0.5, 0.6) is 0 Å². The van der Waals surface area contributed by atoms with Crippen LogP contribution in [0.2, 0.25) is 0 Å². The largest absolute Gasteiger partial charge is 0.416 e. The number of hydrogen-bond donors (Lipinski definition) is 2. The van der Waals surface area contributed by atoms with Crippen LogP contribution >= 0.6 is 11.3 Å². The number of nitrogens with zero attached hydrogens (tertiary/aromatic N) is 1. The normalized spacial score (nSPS) is 17.9. The summed E-state index contributed by atoms with van der Waals surface area (Å²) in [5.41, 5.74) is 0.141. The molecule has 4 nitrogen and oxygen atoms in total. The molecule has 2 aromatic rings. The van der Waals surface area contributed by atoms with Gasteiger partial charge in [0.1, 0.15) is 10.7 Å². The standard InChI is InChI=1S/C16H16F3N3OS/c17-16(18,19)11-5-3-10(4-6-11)15-22-13(9-24-15)14(23)21-8-12-2-1-7-20-12/h3-6,9,12,20H,1-2,7-8H2,(H,21,23)/t12-/m0/s1. The van der Waals surface area contributed by atoms with Crippen LogP contribution in [0.25, 0.3) is 10.6 Å². The van der Waals surface area contributed by atoms with Gasteiger partial charge in [-0.2, -0.15) is 13.2 Å². The van der Waals surface area contributed by atoms with Gasteiger partial charge in [-0.3, -0.25) is 4.79 Å². The van der Waals surface area contributed by atoms with E-state index in [2.05, 4.69) is 15.6 Å². The van der Waals surface area contributed by atoms with E-state index in [1.807, 2.05) is 0 Å². The molecule has 0 unspecified atom stereocenters. The Hall–Kier alpha value is -1.93. The third kappa shape index (κ3) is 3.93. The first-order valence-electron chi connectivity index (χ1n) is 7.58. The maximum absolute atomic E-state index is 12.6. The van der Waals surface area contributed by atoms with E-state index < -0.39 is 11.7 Å². The van der Waals surface area contributed by atoms with E-state index in [-0.39, 0.29) is 11.6 Å². The second-order valence-electron chi connectivity index (χ2n) is 5.62. The Bertz CT molecular complexity index is 706. The summed E-state index contributed by atoms with van der Waals surface area (Å²) in [4.78, 5) is 16.3. The van der Waals surface area contributed by atoms with Gasteiger partial charge in [-0.1, -0.05) is 12.1 Å². The Morgan fingerprint density at radius 3 is 2.71 bits per heavy atom. The molecule has 1 aliphatic rings. The first-order valence-corrected chi connectivity index (χ1v) is 8.46. The van der Waals surface area contributed by atoms with Crippen molar-refractivity contribution in [2.24, 2.45) is 0 Å². The van der Waals surface area contributed by atoms with Gasteiger partial charge in [0.15, 0.2) is 0 Å². The average molecular weight is 355 g/mol. The Balaban J connectivity index is 1.65. The van der Waals surface area contributed by atoms with Crippen molar-refractivity contribution in [3.05, 3.63) is 40.9 Å². The molecule has 1 fully saturated rings. The molecule has 0 aliphatic carbocycles. The number of amides is 1. The molecular weight excluding hydrogens is 339 g/mol. The summed E-state index contributed by atoms with van der Waals surface area (Å²) >= 11 is 1.23. The third-order valence-corrected chi connectivity index (χ3v) is 4.76. The summed E-state index contributed by atoms with van der Waals surface area (Å²) in [5.74, 6) is -0.266. The highest BCUT2D eigenvalue weighted by Gasteiger charge is 2.30. The van der Waals surface area contributed by atoms with Crippen molar-refractivity contribution in [1.29, 1.82) is 0 Å². The lowest BCUT2D eigenvalue weighted by molar-refractivity contribution is -0.137. The number of thiazole rings is 1. The second kappa shape index (κ2) is 6.90. The maximum Gasteiger partial charge on any atom is 0.416 e. The van der Waals surface area contributed by atoms with Gasteiger partial charge in [0, 0.05) is 23.5 Å². The predicted octanol–water partition coefficient (Wildman–Crippen LogP) is 3.31. The molecule has 3 rings (SSSR count). The lowest BCUT2D eigenvalue weighted by atomic mass is 10.1. The van der Waals surface area contributed by atoms with Gasteiger partial charge < -0.3 is 10.6 Å². The first kappa shape index (κ1) is 16.9. The van der Waals surface area contributed by atoms with E-state index >= 15 is 0 Å². The molecule has 0 radical (unpaired) electrons. The molecule has 1 atom stereocenters. The number of hydrogen-bond acceptors (Lipinski definition) is 4. The molecule has 2 N–H and O–H groups in total. The number of carbonyl (C=O) groups is 1. The van der Waals surface area contributed by atoms with E-state index in [0.29, 0.717) is 23.2 Å². The fourth-order valence-corrected chi connectivity index (χ4v) is 3.36. The molecule has 0 bridgehead atoms. The lowest BCUT2D eigenvalue weighted by Crippen LogP contribution is -2.37. The molecule has 1 amide bonds. The molecule has 0 saturated carbocycles. The lowest BCUT2D eigenvalue weighted by Gasteiger charge is -2.10. The van der Waals surface area contributed by atoms with Crippen molar-refractivity contribution in [3.63, 3.8) is 0 Å². The molecule has 1 aromatic carbocycles. The predicted molar refractivity (Wildman–Crippen MR) is 85.9 cm³/mol. The summed E-state index contributed by atoms with van der Waals surface area (Å²) in [7, 11) is 0. The molecule has 8 heteroatoms. The van der Waals surface area contributed by atoms with Crippen molar-refractivity contribution in [1.82, 2.24) is 15.6 Å². The van der Waals surface area contributed by atoms with Crippen molar-refractivity contribution in [2.45, 2.75) is 25.1 Å². The quantitative estimate of drug-likeness (QED) is 0.885. The Morgan fingerprint density at radius 2 is 2.08 bits per heavy atom. The fraction of sp³-hybridized carbons (Fsp3) is 0.375. The Labute approximate surface area is 141 Å². The minimum Gasteiger partial charge on any atom is -0.349 e. The minimum absolute atomic E-state index is 0.266. The molecule has 1 aliphatic heterocycles. The summed E-state index contributed by atoms with van der Waals surface area (Å²) in [6.07, 6.45) is -2.22. The third-order valence-electron chi connectivity index (χ3n) is 3.87. The zero-order valence-corrected chi connectivity index (χ0v) is 13.5. The summed E-state index contributed by atoms with van der Waals surface area (Å²) in [5, 5.41) is 8.25. The Morgan fingerprint density at radius 1 is 1.33 bits per heavy atom. The molecule has 1 aromatic heterocycles. The molecular formula is C16H16F3N3OS. The van der Waals surface area contributed by atoms with Gasteiger partial charge >= 0.3 is 6.18 Å². The number of benzene rings is 1. The fourth-order valence-electron chi connectivity index (χ4n) is 2.55. The monoisotopic (exact) mass is 355 g/mol. The minimum atomic E-state index is -4.36. The number of aromatic nitrogens is 1. The van der Waals surface area contributed by atoms with Gasteiger partial charge in [-0.15, -0.1) is 11.3 Å². The molecule has 1 saturated heterocycles. The smallest absolute Gasteiger partial charge is 0.349 e. The molecule has 24 heavy (non-hydrogen) atoms. The topological polar surface area (TPSA) is 54.0 Å². The summed E-state index contributed by atoms with van der Waals surface area (Å²) < 4.78 is 37.7. The number of nitrogens with one attached hydrogen (secondary N) is 2. The van der Waals surface area contributed by atoms with Crippen LogP contribution in [0.4, 0.5) is 13.2 Å². The van der Waals surface area contributed by atoms with Gasteiger partial charge in [-0.05, 0) is 31.5 Å². The van der Waals surface area contributed by atoms with Gasteiger partial charge in [0.05, 0.1) is 5.56 Å². The van der Waals surface area contributed by atoms with Crippen LogP contribution < -0.4 is 10.6 Å². The van der Waals surface area contributed by atoms with Crippen molar-refractivity contribution in [3.8, 4) is 10.6 Å². The number of carbonyl (C=O) groups excluding carboxylic acids is 1. The van der Waals surface area contributed by atoms with Crippen molar-refractivity contribution < 1.29 is 18.0 Å². The average Bonchev–Trinajstić information content (AvgIpc) is 3.23. The zero-order chi connectivity index (χ0) is 17.2. The second-order valence-corrected chi connectivity index (χ2v) is 6.47. The molecule has 0 spiro atoms. The van der Waals surface area contributed by atoms with Gasteiger partial charge in [0.25, 0.3) is 5.91 Å². The van der Waals surface area contributed by atoms with Crippen molar-refractivity contribution >= 4 is 17.2 Å². The highest BCUT2D eigenvalue weighted by molar-refractivity contribution is 7.13. The zero-order valence-electron chi connectivity index (χ0n) is 12.7. The summed E-state index contributed by atoms with van der Waals surface area (Å²) in [6, 6.07) is 5.06.